The van der Waals surface area contributed by atoms with Crippen molar-refractivity contribution in [2.75, 3.05) is 23.3 Å². The maximum absolute atomic E-state index is 5.90. The predicted molar refractivity (Wildman–Crippen MR) is 87.1 cm³/mol. The predicted octanol–water partition coefficient (Wildman–Crippen LogP) is 3.52. The van der Waals surface area contributed by atoms with Gasteiger partial charge in [0.2, 0.25) is 0 Å². The van der Waals surface area contributed by atoms with Crippen LogP contribution in [0, 0.1) is 6.92 Å². The second-order valence-electron chi connectivity index (χ2n) is 5.38. The summed E-state index contributed by atoms with van der Waals surface area (Å²) in [5, 5.41) is 4.14. The number of rotatable bonds is 3. The molecule has 1 saturated heterocycles. The zero-order valence-electron chi connectivity index (χ0n) is 12.1. The van der Waals surface area contributed by atoms with Crippen LogP contribution in [0.25, 0.3) is 0 Å². The Labute approximate surface area is 130 Å². The van der Waals surface area contributed by atoms with Crippen molar-refractivity contribution in [2.24, 2.45) is 0 Å². The van der Waals surface area contributed by atoms with E-state index in [1.54, 1.807) is 0 Å². The van der Waals surface area contributed by atoms with Crippen molar-refractivity contribution in [3.8, 4) is 0 Å². The van der Waals surface area contributed by atoms with Gasteiger partial charge in [0.1, 0.15) is 5.15 Å². The zero-order valence-corrected chi connectivity index (χ0v) is 12.8. The molecule has 0 unspecified atom stereocenters. The normalized spacial score (nSPS) is 16.0. The average molecular weight is 303 g/mol. The molecule has 0 atom stereocenters. The minimum Gasteiger partial charge on any atom is -0.381 e. The molecule has 1 N–H and O–H groups in total. The molecule has 21 heavy (non-hydrogen) atoms. The minimum atomic E-state index is 0.491. The van der Waals surface area contributed by atoms with E-state index in [0.717, 1.165) is 37.3 Å². The summed E-state index contributed by atoms with van der Waals surface area (Å²) >= 11 is 5.90. The molecule has 1 fully saturated rings. The van der Waals surface area contributed by atoms with Crippen LogP contribution < -0.4 is 10.2 Å². The smallest absolute Gasteiger partial charge is 0.129 e. The first-order valence-electron chi connectivity index (χ1n) is 7.27. The maximum atomic E-state index is 5.90. The Morgan fingerprint density at radius 3 is 2.52 bits per heavy atom. The van der Waals surface area contributed by atoms with Gasteiger partial charge < -0.3 is 10.2 Å². The summed E-state index contributed by atoms with van der Waals surface area (Å²) in [6.07, 6.45) is 5.93. The fourth-order valence-electron chi connectivity index (χ4n) is 2.74. The Kier molecular flexibility index (Phi) is 4.25. The number of hydrogen-bond acceptors (Lipinski definition) is 4. The number of piperidine rings is 1. The van der Waals surface area contributed by atoms with E-state index in [-0.39, 0.29) is 0 Å². The van der Waals surface area contributed by atoms with E-state index in [2.05, 4.69) is 32.3 Å². The lowest BCUT2D eigenvalue weighted by Gasteiger charge is -2.34. The Morgan fingerprint density at radius 1 is 1.14 bits per heavy atom. The lowest BCUT2D eigenvalue weighted by Crippen LogP contribution is -2.39. The van der Waals surface area contributed by atoms with Crippen LogP contribution >= 0.6 is 11.6 Å². The summed E-state index contributed by atoms with van der Waals surface area (Å²) in [6.45, 7) is 4.10. The minimum absolute atomic E-state index is 0.491. The van der Waals surface area contributed by atoms with Crippen LogP contribution in [0.2, 0.25) is 5.15 Å². The second kappa shape index (κ2) is 6.31. The number of halogens is 1. The number of pyridine rings is 2. The third-order valence-corrected chi connectivity index (χ3v) is 4.14. The number of anilines is 2. The highest BCUT2D eigenvalue weighted by atomic mass is 35.5. The fourth-order valence-corrected chi connectivity index (χ4v) is 2.93. The van der Waals surface area contributed by atoms with Gasteiger partial charge in [0.25, 0.3) is 0 Å². The van der Waals surface area contributed by atoms with E-state index in [1.807, 2.05) is 31.5 Å². The molecule has 2 aromatic heterocycles. The molecule has 5 heteroatoms. The van der Waals surface area contributed by atoms with Crippen molar-refractivity contribution < 1.29 is 0 Å². The summed E-state index contributed by atoms with van der Waals surface area (Å²) in [5.41, 5.74) is 3.30. The monoisotopic (exact) mass is 302 g/mol. The van der Waals surface area contributed by atoms with Crippen LogP contribution in [-0.2, 0) is 0 Å². The van der Waals surface area contributed by atoms with Gasteiger partial charge in [0.05, 0.1) is 11.4 Å². The first kappa shape index (κ1) is 14.1. The largest absolute Gasteiger partial charge is 0.381 e. The Balaban J connectivity index is 1.59. The lowest BCUT2D eigenvalue weighted by molar-refractivity contribution is 0.526. The molecule has 2 aromatic rings. The molecule has 0 bridgehead atoms. The molecule has 3 heterocycles. The number of aromatic nitrogens is 2. The lowest BCUT2D eigenvalue weighted by atomic mass is 10.0. The van der Waals surface area contributed by atoms with Crippen molar-refractivity contribution in [2.45, 2.75) is 25.8 Å². The Morgan fingerprint density at radius 2 is 1.86 bits per heavy atom. The standard InChI is InChI=1S/C16H19ClN4/c1-12-15(2-3-16(17)19-12)20-13-6-10-21(11-7-13)14-4-8-18-9-5-14/h2-5,8-9,13,20H,6-7,10-11H2,1H3. The van der Waals surface area contributed by atoms with Gasteiger partial charge in [-0.2, -0.15) is 0 Å². The van der Waals surface area contributed by atoms with E-state index in [0.29, 0.717) is 11.2 Å². The van der Waals surface area contributed by atoms with Gasteiger partial charge in [0, 0.05) is 37.2 Å². The van der Waals surface area contributed by atoms with Gasteiger partial charge in [-0.15, -0.1) is 0 Å². The average Bonchev–Trinajstić information content (AvgIpc) is 2.52. The molecule has 4 nitrogen and oxygen atoms in total. The van der Waals surface area contributed by atoms with Gasteiger partial charge in [-0.05, 0) is 44.0 Å². The van der Waals surface area contributed by atoms with Crippen LogP contribution in [0.15, 0.2) is 36.7 Å². The molecule has 3 rings (SSSR count). The zero-order chi connectivity index (χ0) is 14.7. The first-order chi connectivity index (χ1) is 10.2. The quantitative estimate of drug-likeness (QED) is 0.881. The number of nitrogens with one attached hydrogen (secondary N) is 1. The van der Waals surface area contributed by atoms with Crippen molar-refractivity contribution in [3.63, 3.8) is 0 Å². The van der Waals surface area contributed by atoms with Gasteiger partial charge >= 0.3 is 0 Å². The van der Waals surface area contributed by atoms with Gasteiger partial charge in [-0.25, -0.2) is 4.98 Å². The third kappa shape index (κ3) is 3.45. The van der Waals surface area contributed by atoms with E-state index < -0.39 is 0 Å². The van der Waals surface area contributed by atoms with Gasteiger partial charge in [-0.1, -0.05) is 11.6 Å². The topological polar surface area (TPSA) is 41.1 Å². The summed E-state index contributed by atoms with van der Waals surface area (Å²) in [7, 11) is 0. The van der Waals surface area contributed by atoms with Gasteiger partial charge in [0.15, 0.2) is 0 Å². The summed E-state index contributed by atoms with van der Waals surface area (Å²) < 4.78 is 0. The summed E-state index contributed by atoms with van der Waals surface area (Å²) in [4.78, 5) is 10.8. The van der Waals surface area contributed by atoms with Crippen LogP contribution in [0.5, 0.6) is 0 Å². The number of hydrogen-bond donors (Lipinski definition) is 1. The highest BCUT2D eigenvalue weighted by Gasteiger charge is 2.19. The molecule has 0 radical (unpaired) electrons. The number of nitrogens with zero attached hydrogens (tertiary/aromatic N) is 3. The van der Waals surface area contributed by atoms with E-state index in [1.165, 1.54) is 5.69 Å². The molecule has 110 valence electrons. The molecular weight excluding hydrogens is 284 g/mol. The first-order valence-corrected chi connectivity index (χ1v) is 7.65. The molecule has 0 spiro atoms. The molecule has 1 aliphatic rings. The molecular formula is C16H19ClN4. The van der Waals surface area contributed by atoms with Gasteiger partial charge in [-0.3, -0.25) is 4.98 Å². The van der Waals surface area contributed by atoms with Crippen molar-refractivity contribution in [1.82, 2.24) is 9.97 Å². The fraction of sp³-hybridized carbons (Fsp3) is 0.375. The van der Waals surface area contributed by atoms with E-state index >= 15 is 0 Å². The van der Waals surface area contributed by atoms with Crippen LogP contribution in [0.4, 0.5) is 11.4 Å². The molecule has 0 amide bonds. The summed E-state index contributed by atoms with van der Waals surface area (Å²) in [5.74, 6) is 0. The highest BCUT2D eigenvalue weighted by Crippen LogP contribution is 2.23. The van der Waals surface area contributed by atoms with Crippen molar-refractivity contribution in [3.05, 3.63) is 47.5 Å². The second-order valence-corrected chi connectivity index (χ2v) is 5.77. The van der Waals surface area contributed by atoms with Crippen LogP contribution in [0.1, 0.15) is 18.5 Å². The van der Waals surface area contributed by atoms with E-state index in [9.17, 15) is 0 Å². The number of aryl methyl sites for hydroxylation is 1. The molecule has 0 aromatic carbocycles. The highest BCUT2D eigenvalue weighted by molar-refractivity contribution is 6.29. The summed E-state index contributed by atoms with van der Waals surface area (Å²) in [6, 6.07) is 8.48. The maximum Gasteiger partial charge on any atom is 0.129 e. The van der Waals surface area contributed by atoms with Crippen LogP contribution in [0.3, 0.4) is 0 Å². The SMILES string of the molecule is Cc1nc(Cl)ccc1NC1CCN(c2ccncc2)CC1. The van der Waals surface area contributed by atoms with Crippen molar-refractivity contribution >= 4 is 23.0 Å². The molecule has 0 aliphatic carbocycles. The molecule has 1 aliphatic heterocycles. The Bertz CT molecular complexity index is 594. The van der Waals surface area contributed by atoms with Crippen molar-refractivity contribution in [1.29, 1.82) is 0 Å². The molecule has 0 saturated carbocycles. The Hall–Kier alpha value is -1.81. The van der Waals surface area contributed by atoms with Crippen LogP contribution in [-0.4, -0.2) is 29.1 Å². The van der Waals surface area contributed by atoms with E-state index in [4.69, 9.17) is 11.6 Å². The third-order valence-electron chi connectivity index (χ3n) is 3.93.